The molecule has 1 fully saturated rings. The molecule has 2 amide bonds. The van der Waals surface area contributed by atoms with Gasteiger partial charge in [-0.3, -0.25) is 4.79 Å². The molecule has 0 aromatic carbocycles. The van der Waals surface area contributed by atoms with E-state index in [0.717, 1.165) is 12.8 Å². The van der Waals surface area contributed by atoms with E-state index < -0.39 is 5.97 Å². The number of hydrogen-bond donors (Lipinski definition) is 2. The third kappa shape index (κ3) is 3.93. The first-order chi connectivity index (χ1) is 9.97. The molecule has 0 spiro atoms. The van der Waals surface area contributed by atoms with Gasteiger partial charge in [0.05, 0.1) is 6.04 Å². The number of aromatic nitrogens is 3. The Bertz CT molecular complexity index is 508. The van der Waals surface area contributed by atoms with Crippen LogP contribution in [-0.2, 0) is 11.8 Å². The van der Waals surface area contributed by atoms with E-state index >= 15 is 0 Å². The third-order valence-electron chi connectivity index (χ3n) is 3.84. The van der Waals surface area contributed by atoms with Gasteiger partial charge < -0.3 is 19.9 Å². The maximum atomic E-state index is 12.2. The summed E-state index contributed by atoms with van der Waals surface area (Å²) in [5, 5.41) is 19.4. The fraction of sp³-hybridized carbons (Fsp3) is 0.692. The number of likely N-dealkylation sites (tertiary alicyclic amines) is 1. The van der Waals surface area contributed by atoms with Crippen LogP contribution in [0.15, 0.2) is 6.33 Å². The van der Waals surface area contributed by atoms with Crippen LogP contribution in [0.2, 0.25) is 0 Å². The second-order valence-electron chi connectivity index (χ2n) is 5.50. The number of rotatable bonds is 4. The van der Waals surface area contributed by atoms with Gasteiger partial charge in [0.1, 0.15) is 6.33 Å². The molecule has 8 heteroatoms. The molecule has 0 aliphatic carbocycles. The molecule has 0 bridgehead atoms. The second-order valence-corrected chi connectivity index (χ2v) is 5.50. The standard InChI is InChI=1S/C13H21N5O3/c1-9(12-16-14-8-17(12)2)15-13(21)18-5-3-10(4-6-18)7-11(19)20/h8-10H,3-7H2,1-2H3,(H,15,21)(H,19,20). The molecule has 1 aliphatic heterocycles. The van der Waals surface area contributed by atoms with Crippen LogP contribution in [0.4, 0.5) is 4.79 Å². The van der Waals surface area contributed by atoms with Crippen LogP contribution in [0.1, 0.15) is 38.1 Å². The van der Waals surface area contributed by atoms with Crippen molar-refractivity contribution < 1.29 is 14.7 Å². The molecule has 21 heavy (non-hydrogen) atoms. The lowest BCUT2D eigenvalue weighted by Gasteiger charge is -2.32. The molecule has 1 unspecified atom stereocenters. The highest BCUT2D eigenvalue weighted by atomic mass is 16.4. The van der Waals surface area contributed by atoms with Gasteiger partial charge in [0.25, 0.3) is 0 Å². The van der Waals surface area contributed by atoms with Crippen LogP contribution in [0, 0.1) is 5.92 Å². The highest BCUT2D eigenvalue weighted by Gasteiger charge is 2.25. The monoisotopic (exact) mass is 295 g/mol. The Morgan fingerprint density at radius 1 is 1.48 bits per heavy atom. The van der Waals surface area contributed by atoms with E-state index in [0.29, 0.717) is 18.9 Å². The summed E-state index contributed by atoms with van der Waals surface area (Å²) >= 11 is 0. The number of carbonyl (C=O) groups is 2. The van der Waals surface area contributed by atoms with Crippen molar-refractivity contribution in [3.8, 4) is 0 Å². The molecular weight excluding hydrogens is 274 g/mol. The lowest BCUT2D eigenvalue weighted by molar-refractivity contribution is -0.138. The average Bonchev–Trinajstić information content (AvgIpc) is 2.85. The van der Waals surface area contributed by atoms with Crippen LogP contribution >= 0.6 is 0 Å². The predicted octanol–water partition coefficient (Wildman–Crippen LogP) is 0.772. The number of aryl methyl sites for hydroxylation is 1. The molecule has 2 N–H and O–H groups in total. The summed E-state index contributed by atoms with van der Waals surface area (Å²) in [6.45, 7) is 3.05. The Kier molecular flexibility index (Phi) is 4.77. The van der Waals surface area contributed by atoms with Gasteiger partial charge in [0.15, 0.2) is 5.82 Å². The van der Waals surface area contributed by atoms with Crippen LogP contribution in [0.5, 0.6) is 0 Å². The first-order valence-corrected chi connectivity index (χ1v) is 7.08. The highest BCUT2D eigenvalue weighted by Crippen LogP contribution is 2.20. The van der Waals surface area contributed by atoms with E-state index in [4.69, 9.17) is 5.11 Å². The summed E-state index contributed by atoms with van der Waals surface area (Å²) in [6.07, 6.45) is 3.25. The van der Waals surface area contributed by atoms with Gasteiger partial charge >= 0.3 is 12.0 Å². The minimum atomic E-state index is -0.770. The molecule has 0 saturated carbocycles. The smallest absolute Gasteiger partial charge is 0.317 e. The van der Waals surface area contributed by atoms with Crippen molar-refractivity contribution in [3.63, 3.8) is 0 Å². The lowest BCUT2D eigenvalue weighted by atomic mass is 9.94. The molecule has 0 radical (unpaired) electrons. The lowest BCUT2D eigenvalue weighted by Crippen LogP contribution is -2.45. The van der Waals surface area contributed by atoms with Crippen LogP contribution in [0.3, 0.4) is 0 Å². The molecule has 1 aromatic rings. The molecule has 116 valence electrons. The van der Waals surface area contributed by atoms with E-state index in [2.05, 4.69) is 15.5 Å². The zero-order valence-electron chi connectivity index (χ0n) is 12.3. The van der Waals surface area contributed by atoms with Crippen molar-refractivity contribution >= 4 is 12.0 Å². The minimum absolute atomic E-state index is 0.140. The second kappa shape index (κ2) is 6.55. The summed E-state index contributed by atoms with van der Waals surface area (Å²) in [5.74, 6) is 0.0978. The normalized spacial score (nSPS) is 17.5. The Morgan fingerprint density at radius 3 is 2.67 bits per heavy atom. The third-order valence-corrected chi connectivity index (χ3v) is 3.84. The maximum Gasteiger partial charge on any atom is 0.317 e. The van der Waals surface area contributed by atoms with E-state index in [1.807, 2.05) is 14.0 Å². The van der Waals surface area contributed by atoms with E-state index in [1.165, 1.54) is 0 Å². The van der Waals surface area contributed by atoms with Crippen LogP contribution in [0.25, 0.3) is 0 Å². The van der Waals surface area contributed by atoms with Crippen molar-refractivity contribution in [3.05, 3.63) is 12.2 Å². The number of piperidine rings is 1. The van der Waals surface area contributed by atoms with E-state index in [-0.39, 0.29) is 24.4 Å². The number of urea groups is 1. The van der Waals surface area contributed by atoms with Gasteiger partial charge in [-0.15, -0.1) is 10.2 Å². The highest BCUT2D eigenvalue weighted by molar-refractivity contribution is 5.74. The molecule has 1 saturated heterocycles. The molecule has 1 atom stereocenters. The van der Waals surface area contributed by atoms with Crippen molar-refractivity contribution in [2.24, 2.45) is 13.0 Å². The van der Waals surface area contributed by atoms with Gasteiger partial charge in [-0.05, 0) is 25.7 Å². The predicted molar refractivity (Wildman–Crippen MR) is 74.5 cm³/mol. The summed E-state index contributed by atoms with van der Waals surface area (Å²) < 4.78 is 1.77. The summed E-state index contributed by atoms with van der Waals surface area (Å²) in [6, 6.07) is -0.360. The fourth-order valence-electron chi connectivity index (χ4n) is 2.61. The van der Waals surface area contributed by atoms with Crippen molar-refractivity contribution in [2.45, 2.75) is 32.2 Å². The van der Waals surface area contributed by atoms with Gasteiger partial charge in [-0.2, -0.15) is 0 Å². The number of hydrogen-bond acceptors (Lipinski definition) is 4. The van der Waals surface area contributed by atoms with Crippen molar-refractivity contribution in [2.75, 3.05) is 13.1 Å². The Labute approximate surface area is 123 Å². The molecule has 8 nitrogen and oxygen atoms in total. The molecule has 1 aromatic heterocycles. The minimum Gasteiger partial charge on any atom is -0.481 e. The number of amides is 2. The largest absolute Gasteiger partial charge is 0.481 e. The zero-order chi connectivity index (χ0) is 15.4. The van der Waals surface area contributed by atoms with E-state index in [1.54, 1.807) is 15.8 Å². The van der Waals surface area contributed by atoms with Gasteiger partial charge in [0, 0.05) is 26.6 Å². The number of carboxylic acid groups (broad SMARTS) is 1. The topological polar surface area (TPSA) is 100 Å². The Morgan fingerprint density at radius 2 is 2.14 bits per heavy atom. The van der Waals surface area contributed by atoms with Crippen LogP contribution < -0.4 is 5.32 Å². The van der Waals surface area contributed by atoms with Crippen molar-refractivity contribution in [1.29, 1.82) is 0 Å². The maximum absolute atomic E-state index is 12.2. The molecule has 2 heterocycles. The Hall–Kier alpha value is -2.12. The summed E-state index contributed by atoms with van der Waals surface area (Å²) in [7, 11) is 1.83. The van der Waals surface area contributed by atoms with Crippen LogP contribution in [-0.4, -0.2) is 49.9 Å². The average molecular weight is 295 g/mol. The number of carbonyl (C=O) groups excluding carboxylic acids is 1. The summed E-state index contributed by atoms with van der Waals surface area (Å²) in [4.78, 5) is 24.6. The zero-order valence-corrected chi connectivity index (χ0v) is 12.3. The van der Waals surface area contributed by atoms with Crippen molar-refractivity contribution in [1.82, 2.24) is 25.0 Å². The molecular formula is C13H21N5O3. The summed E-state index contributed by atoms with van der Waals surface area (Å²) in [5.41, 5.74) is 0. The molecule has 1 aliphatic rings. The quantitative estimate of drug-likeness (QED) is 0.854. The fourth-order valence-corrected chi connectivity index (χ4v) is 2.61. The first-order valence-electron chi connectivity index (χ1n) is 7.08. The number of nitrogens with one attached hydrogen (secondary N) is 1. The first kappa shape index (κ1) is 15.3. The van der Waals surface area contributed by atoms with Gasteiger partial charge in [-0.25, -0.2) is 4.79 Å². The number of carboxylic acids is 1. The van der Waals surface area contributed by atoms with Gasteiger partial charge in [0.2, 0.25) is 0 Å². The van der Waals surface area contributed by atoms with Gasteiger partial charge in [-0.1, -0.05) is 0 Å². The number of aliphatic carboxylic acids is 1. The SMILES string of the molecule is CC(NC(=O)N1CCC(CC(=O)O)CC1)c1nncn1C. The Balaban J connectivity index is 1.82. The number of nitrogens with zero attached hydrogens (tertiary/aromatic N) is 4. The molecule has 2 rings (SSSR count). The van der Waals surface area contributed by atoms with E-state index in [9.17, 15) is 9.59 Å².